The van der Waals surface area contributed by atoms with Crippen LogP contribution in [0.15, 0.2) is 48.5 Å². The number of rotatable bonds is 2. The second kappa shape index (κ2) is 4.57. The number of aromatic amines is 1. The fourth-order valence-electron chi connectivity index (χ4n) is 2.13. The number of carbonyl (C=O) groups excluding carboxylic acids is 1. The van der Waals surface area contributed by atoms with Crippen molar-refractivity contribution in [3.8, 4) is 11.3 Å². The first-order valence-electron chi connectivity index (χ1n) is 5.61. The van der Waals surface area contributed by atoms with Gasteiger partial charge in [-0.1, -0.05) is 30.3 Å². The third-order valence-electron chi connectivity index (χ3n) is 3.00. The minimum atomic E-state index is 0.729. The van der Waals surface area contributed by atoms with Crippen LogP contribution in [0.5, 0.6) is 0 Å². The number of aldehydes is 1. The van der Waals surface area contributed by atoms with Crippen molar-refractivity contribution in [2.75, 3.05) is 0 Å². The minimum absolute atomic E-state index is 0.729. The highest BCUT2D eigenvalue weighted by Crippen LogP contribution is 2.29. The summed E-state index contributed by atoms with van der Waals surface area (Å²) in [5, 5.41) is 0.973. The maximum Gasteiger partial charge on any atom is 0.152 e. The fourth-order valence-corrected chi connectivity index (χ4v) is 2.49. The molecule has 2 nitrogen and oxygen atoms in total. The largest absolute Gasteiger partial charge is 0.354 e. The molecule has 0 unspecified atom stereocenters. The molecule has 0 fully saturated rings. The van der Waals surface area contributed by atoms with Crippen LogP contribution in [0.25, 0.3) is 22.2 Å². The number of hydrogen-bond acceptors (Lipinski definition) is 1. The molecular weight excluding hydrogens is 337 g/mol. The number of carbonyl (C=O) groups is 1. The van der Waals surface area contributed by atoms with Crippen LogP contribution in [0.1, 0.15) is 10.4 Å². The Bertz CT molecular complexity index is 713. The molecule has 1 aromatic heterocycles. The van der Waals surface area contributed by atoms with E-state index in [1.165, 1.54) is 3.57 Å². The Morgan fingerprint density at radius 3 is 2.44 bits per heavy atom. The van der Waals surface area contributed by atoms with Crippen LogP contribution in [0.3, 0.4) is 0 Å². The first kappa shape index (κ1) is 11.5. The minimum Gasteiger partial charge on any atom is -0.354 e. The van der Waals surface area contributed by atoms with Crippen LogP contribution >= 0.6 is 22.6 Å². The van der Waals surface area contributed by atoms with Crippen molar-refractivity contribution in [2.45, 2.75) is 0 Å². The van der Waals surface area contributed by atoms with Crippen LogP contribution in [0, 0.1) is 3.57 Å². The molecule has 88 valence electrons. The van der Waals surface area contributed by atoms with Crippen molar-refractivity contribution in [2.24, 2.45) is 0 Å². The van der Waals surface area contributed by atoms with Gasteiger partial charge in [-0.2, -0.15) is 0 Å². The average Bonchev–Trinajstić information content (AvgIpc) is 2.78. The smallest absolute Gasteiger partial charge is 0.152 e. The lowest BCUT2D eigenvalue weighted by Gasteiger charge is -1.99. The first-order valence-corrected chi connectivity index (χ1v) is 6.69. The summed E-state index contributed by atoms with van der Waals surface area (Å²) in [6, 6.07) is 16.0. The summed E-state index contributed by atoms with van der Waals surface area (Å²) in [6.07, 6.45) is 0.923. The molecule has 0 spiro atoms. The zero-order valence-corrected chi connectivity index (χ0v) is 11.6. The van der Waals surface area contributed by atoms with Gasteiger partial charge in [0.1, 0.15) is 0 Å². The van der Waals surface area contributed by atoms with Gasteiger partial charge in [-0.05, 0) is 46.4 Å². The summed E-state index contributed by atoms with van der Waals surface area (Å²) in [5.41, 5.74) is 3.65. The molecule has 0 bridgehead atoms. The lowest BCUT2D eigenvalue weighted by molar-refractivity contribution is 0.112. The number of para-hydroxylation sites is 1. The Kier molecular flexibility index (Phi) is 2.91. The van der Waals surface area contributed by atoms with E-state index in [1.807, 2.05) is 48.5 Å². The molecule has 0 saturated carbocycles. The van der Waals surface area contributed by atoms with Crippen LogP contribution in [-0.4, -0.2) is 11.3 Å². The van der Waals surface area contributed by atoms with Gasteiger partial charge in [-0.15, -0.1) is 0 Å². The van der Waals surface area contributed by atoms with Gasteiger partial charge in [0, 0.05) is 20.0 Å². The van der Waals surface area contributed by atoms with E-state index in [2.05, 4.69) is 27.6 Å². The quantitative estimate of drug-likeness (QED) is 0.546. The Balaban J connectivity index is 2.28. The van der Waals surface area contributed by atoms with E-state index in [9.17, 15) is 4.79 Å². The zero-order valence-electron chi connectivity index (χ0n) is 9.48. The van der Waals surface area contributed by atoms with Crippen molar-refractivity contribution in [1.29, 1.82) is 0 Å². The molecule has 0 aliphatic rings. The molecule has 3 rings (SSSR count). The lowest BCUT2D eigenvalue weighted by Crippen LogP contribution is -1.84. The number of hydrogen-bond donors (Lipinski definition) is 1. The highest BCUT2D eigenvalue weighted by atomic mass is 127. The Labute approximate surface area is 118 Å². The fraction of sp³-hybridized carbons (Fsp3) is 0. The molecule has 0 aliphatic carbocycles. The number of nitrogens with one attached hydrogen (secondary N) is 1. The molecule has 1 heterocycles. The maximum atomic E-state index is 11.3. The predicted molar refractivity (Wildman–Crippen MR) is 81.8 cm³/mol. The molecular formula is C15H10INO. The monoisotopic (exact) mass is 347 g/mol. The third kappa shape index (κ3) is 1.84. The van der Waals surface area contributed by atoms with Crippen molar-refractivity contribution in [3.63, 3.8) is 0 Å². The highest BCUT2D eigenvalue weighted by Gasteiger charge is 2.11. The maximum absolute atomic E-state index is 11.3. The number of halogens is 1. The highest BCUT2D eigenvalue weighted by molar-refractivity contribution is 14.1. The van der Waals surface area contributed by atoms with Gasteiger partial charge < -0.3 is 4.98 Å². The number of fused-ring (bicyclic) bond motifs is 1. The van der Waals surface area contributed by atoms with Gasteiger partial charge in [-0.3, -0.25) is 4.79 Å². The first-order chi connectivity index (χ1) is 8.79. The van der Waals surface area contributed by atoms with Crippen LogP contribution in [0.2, 0.25) is 0 Å². The molecule has 0 saturated heterocycles. The van der Waals surface area contributed by atoms with Gasteiger partial charge >= 0.3 is 0 Å². The van der Waals surface area contributed by atoms with Gasteiger partial charge in [0.15, 0.2) is 6.29 Å². The molecule has 0 atom stereocenters. The summed E-state index contributed by atoms with van der Waals surface area (Å²) in [5.74, 6) is 0. The summed E-state index contributed by atoms with van der Waals surface area (Å²) >= 11 is 2.27. The topological polar surface area (TPSA) is 32.9 Å². The predicted octanol–water partition coefficient (Wildman–Crippen LogP) is 4.25. The van der Waals surface area contributed by atoms with Gasteiger partial charge in [0.2, 0.25) is 0 Å². The second-order valence-electron chi connectivity index (χ2n) is 4.08. The van der Waals surface area contributed by atoms with Gasteiger partial charge in [0.05, 0.1) is 5.69 Å². The standard InChI is InChI=1S/C15H10INO/c16-11-7-5-10(6-8-11)15-13(9-18)12-3-1-2-4-14(12)17-15/h1-9,17H. The Morgan fingerprint density at radius 1 is 1.00 bits per heavy atom. The van der Waals surface area contributed by atoms with Crippen molar-refractivity contribution in [3.05, 3.63) is 57.7 Å². The van der Waals surface area contributed by atoms with Crippen LogP contribution < -0.4 is 0 Å². The van der Waals surface area contributed by atoms with E-state index < -0.39 is 0 Å². The average molecular weight is 347 g/mol. The van der Waals surface area contributed by atoms with E-state index in [1.54, 1.807) is 0 Å². The molecule has 0 radical (unpaired) electrons. The summed E-state index contributed by atoms with van der Waals surface area (Å²) < 4.78 is 1.18. The molecule has 2 aromatic carbocycles. The zero-order chi connectivity index (χ0) is 12.5. The molecule has 0 aliphatic heterocycles. The molecule has 1 N–H and O–H groups in total. The van der Waals surface area contributed by atoms with Gasteiger partial charge in [0.25, 0.3) is 0 Å². The van der Waals surface area contributed by atoms with E-state index in [4.69, 9.17) is 0 Å². The molecule has 0 amide bonds. The van der Waals surface area contributed by atoms with E-state index in [0.717, 1.165) is 34.0 Å². The molecule has 3 aromatic rings. The lowest BCUT2D eigenvalue weighted by atomic mass is 10.1. The summed E-state index contributed by atoms with van der Waals surface area (Å²) in [7, 11) is 0. The SMILES string of the molecule is O=Cc1c(-c2ccc(I)cc2)[nH]c2ccccc12. The summed E-state index contributed by atoms with van der Waals surface area (Å²) in [4.78, 5) is 14.6. The Hall–Kier alpha value is -1.62. The molecule has 18 heavy (non-hydrogen) atoms. The van der Waals surface area contributed by atoms with Crippen LogP contribution in [-0.2, 0) is 0 Å². The Morgan fingerprint density at radius 2 is 1.72 bits per heavy atom. The van der Waals surface area contributed by atoms with E-state index in [0.29, 0.717) is 0 Å². The second-order valence-corrected chi connectivity index (χ2v) is 5.33. The van der Waals surface area contributed by atoms with Crippen molar-refractivity contribution < 1.29 is 4.79 Å². The van der Waals surface area contributed by atoms with Crippen LogP contribution in [0.4, 0.5) is 0 Å². The number of benzene rings is 2. The normalized spacial score (nSPS) is 10.7. The number of H-pyrrole nitrogens is 1. The molecule has 3 heteroatoms. The van der Waals surface area contributed by atoms with E-state index in [-0.39, 0.29) is 0 Å². The van der Waals surface area contributed by atoms with E-state index >= 15 is 0 Å². The number of aromatic nitrogens is 1. The van der Waals surface area contributed by atoms with Crippen molar-refractivity contribution in [1.82, 2.24) is 4.98 Å². The summed E-state index contributed by atoms with van der Waals surface area (Å²) in [6.45, 7) is 0. The van der Waals surface area contributed by atoms with Gasteiger partial charge in [-0.25, -0.2) is 0 Å². The third-order valence-corrected chi connectivity index (χ3v) is 3.72. The van der Waals surface area contributed by atoms with Crippen molar-refractivity contribution >= 4 is 39.8 Å².